The fourth-order valence-corrected chi connectivity index (χ4v) is 3.33. The first-order chi connectivity index (χ1) is 12.6. The molecular formula is C20H22N2O4. The van der Waals surface area contributed by atoms with Crippen LogP contribution in [0.25, 0.3) is 10.8 Å². The first kappa shape index (κ1) is 17.9. The molecule has 3 rings (SSSR count). The first-order valence-electron chi connectivity index (χ1n) is 8.71. The van der Waals surface area contributed by atoms with Crippen LogP contribution in [0.2, 0.25) is 0 Å². The molecule has 136 valence electrons. The lowest BCUT2D eigenvalue weighted by Gasteiger charge is -2.32. The standard InChI is InChI=1S/C20H22N2O4/c1-26-18(23)12-21-19(24)15-8-5-11-22(13-15)20(25)17-10-4-7-14-6-2-3-9-16(14)17/h2-4,6-7,9-10,15H,5,8,11-13H2,1H3,(H,21,24)/t15-/m1/s1. The van der Waals surface area contributed by atoms with Crippen molar-refractivity contribution in [1.29, 1.82) is 0 Å². The maximum Gasteiger partial charge on any atom is 0.325 e. The van der Waals surface area contributed by atoms with Gasteiger partial charge in [0, 0.05) is 18.7 Å². The molecule has 0 aliphatic carbocycles. The summed E-state index contributed by atoms with van der Waals surface area (Å²) in [7, 11) is 1.28. The molecule has 1 N–H and O–H groups in total. The number of methoxy groups -OCH3 is 1. The van der Waals surface area contributed by atoms with Crippen LogP contribution in [0.3, 0.4) is 0 Å². The molecular weight excluding hydrogens is 332 g/mol. The third-order valence-electron chi connectivity index (χ3n) is 4.73. The maximum atomic E-state index is 13.0. The Labute approximate surface area is 152 Å². The number of ether oxygens (including phenoxy) is 1. The summed E-state index contributed by atoms with van der Waals surface area (Å²) in [5.41, 5.74) is 0.652. The number of nitrogens with zero attached hydrogens (tertiary/aromatic N) is 1. The molecule has 0 spiro atoms. The lowest BCUT2D eigenvalue weighted by molar-refractivity contribution is -0.141. The average molecular weight is 354 g/mol. The average Bonchev–Trinajstić information content (AvgIpc) is 2.70. The van der Waals surface area contributed by atoms with E-state index in [1.54, 1.807) is 4.90 Å². The SMILES string of the molecule is COC(=O)CNC(=O)[C@@H]1CCCN(C(=O)c2cccc3ccccc23)C1. The summed E-state index contributed by atoms with van der Waals surface area (Å²) in [5, 5.41) is 4.51. The molecule has 1 aliphatic heterocycles. The van der Waals surface area contributed by atoms with Gasteiger partial charge in [-0.3, -0.25) is 14.4 Å². The van der Waals surface area contributed by atoms with Crippen molar-refractivity contribution in [2.75, 3.05) is 26.7 Å². The summed E-state index contributed by atoms with van der Waals surface area (Å²) in [6.45, 7) is 0.834. The number of hydrogen-bond acceptors (Lipinski definition) is 4. The Morgan fingerprint density at radius 2 is 1.92 bits per heavy atom. The van der Waals surface area contributed by atoms with Gasteiger partial charge >= 0.3 is 5.97 Å². The van der Waals surface area contributed by atoms with Crippen molar-refractivity contribution in [2.24, 2.45) is 5.92 Å². The normalized spacial score (nSPS) is 17.0. The number of carbonyl (C=O) groups is 3. The van der Waals surface area contributed by atoms with Crippen molar-refractivity contribution in [3.05, 3.63) is 48.0 Å². The number of hydrogen-bond donors (Lipinski definition) is 1. The minimum atomic E-state index is -0.488. The van der Waals surface area contributed by atoms with E-state index in [0.29, 0.717) is 25.1 Å². The van der Waals surface area contributed by atoms with Crippen molar-refractivity contribution in [3.8, 4) is 0 Å². The van der Waals surface area contributed by atoms with Crippen LogP contribution in [0.4, 0.5) is 0 Å². The number of rotatable bonds is 4. The molecule has 1 atom stereocenters. The predicted octanol–water partition coefficient (Wildman–Crippen LogP) is 1.98. The number of piperidine rings is 1. The quantitative estimate of drug-likeness (QED) is 0.852. The van der Waals surface area contributed by atoms with Gasteiger partial charge in [-0.25, -0.2) is 0 Å². The van der Waals surface area contributed by atoms with E-state index < -0.39 is 5.97 Å². The number of amides is 2. The summed E-state index contributed by atoms with van der Waals surface area (Å²) in [4.78, 5) is 38.2. The highest BCUT2D eigenvalue weighted by Crippen LogP contribution is 2.23. The van der Waals surface area contributed by atoms with Crippen molar-refractivity contribution >= 4 is 28.6 Å². The van der Waals surface area contributed by atoms with Crippen LogP contribution < -0.4 is 5.32 Å². The van der Waals surface area contributed by atoms with Gasteiger partial charge in [-0.1, -0.05) is 36.4 Å². The van der Waals surface area contributed by atoms with E-state index in [1.165, 1.54) is 7.11 Å². The second kappa shape index (κ2) is 7.99. The van der Waals surface area contributed by atoms with Crippen LogP contribution in [0, 0.1) is 5.92 Å². The van der Waals surface area contributed by atoms with E-state index in [1.807, 2.05) is 42.5 Å². The maximum absolute atomic E-state index is 13.0. The Hall–Kier alpha value is -2.89. The van der Waals surface area contributed by atoms with E-state index in [9.17, 15) is 14.4 Å². The molecule has 0 saturated carbocycles. The predicted molar refractivity (Wildman–Crippen MR) is 97.6 cm³/mol. The highest BCUT2D eigenvalue weighted by atomic mass is 16.5. The Morgan fingerprint density at radius 3 is 2.73 bits per heavy atom. The molecule has 2 aromatic carbocycles. The number of fused-ring (bicyclic) bond motifs is 1. The second-order valence-electron chi connectivity index (χ2n) is 6.41. The number of likely N-dealkylation sites (tertiary alicyclic amines) is 1. The Morgan fingerprint density at radius 1 is 1.15 bits per heavy atom. The molecule has 0 bridgehead atoms. The molecule has 1 aliphatic rings. The smallest absolute Gasteiger partial charge is 0.325 e. The van der Waals surface area contributed by atoms with E-state index in [2.05, 4.69) is 10.1 Å². The zero-order chi connectivity index (χ0) is 18.5. The van der Waals surface area contributed by atoms with Crippen LogP contribution in [0.1, 0.15) is 23.2 Å². The van der Waals surface area contributed by atoms with Crippen molar-refractivity contribution in [2.45, 2.75) is 12.8 Å². The summed E-state index contributed by atoms with van der Waals surface area (Å²) in [5.74, 6) is -1.08. The molecule has 26 heavy (non-hydrogen) atoms. The molecule has 2 amide bonds. The fraction of sp³-hybridized carbons (Fsp3) is 0.350. The van der Waals surface area contributed by atoms with Gasteiger partial charge in [-0.15, -0.1) is 0 Å². The van der Waals surface area contributed by atoms with Crippen LogP contribution in [0.5, 0.6) is 0 Å². The van der Waals surface area contributed by atoms with Gasteiger partial charge in [0.1, 0.15) is 6.54 Å². The van der Waals surface area contributed by atoms with E-state index >= 15 is 0 Å². The van der Waals surface area contributed by atoms with Crippen LogP contribution in [-0.4, -0.2) is 49.4 Å². The van der Waals surface area contributed by atoms with Crippen molar-refractivity contribution in [3.63, 3.8) is 0 Å². The van der Waals surface area contributed by atoms with Crippen molar-refractivity contribution < 1.29 is 19.1 Å². The zero-order valence-electron chi connectivity index (χ0n) is 14.7. The number of esters is 1. The summed E-state index contributed by atoms with van der Waals surface area (Å²) >= 11 is 0. The Balaban J connectivity index is 1.71. The first-order valence-corrected chi connectivity index (χ1v) is 8.71. The fourth-order valence-electron chi connectivity index (χ4n) is 3.33. The minimum absolute atomic E-state index is 0.0627. The molecule has 0 aromatic heterocycles. The van der Waals surface area contributed by atoms with E-state index in [-0.39, 0.29) is 24.3 Å². The number of benzene rings is 2. The molecule has 0 unspecified atom stereocenters. The molecule has 1 fully saturated rings. The van der Waals surface area contributed by atoms with Crippen LogP contribution in [-0.2, 0) is 14.3 Å². The van der Waals surface area contributed by atoms with Crippen molar-refractivity contribution in [1.82, 2.24) is 10.2 Å². The Kier molecular flexibility index (Phi) is 5.51. The second-order valence-corrected chi connectivity index (χ2v) is 6.41. The lowest BCUT2D eigenvalue weighted by atomic mass is 9.95. The monoisotopic (exact) mass is 354 g/mol. The van der Waals surface area contributed by atoms with Gasteiger partial charge in [0.05, 0.1) is 13.0 Å². The van der Waals surface area contributed by atoms with Crippen LogP contribution >= 0.6 is 0 Å². The van der Waals surface area contributed by atoms with Gasteiger partial charge in [0.25, 0.3) is 5.91 Å². The van der Waals surface area contributed by atoms with Gasteiger partial charge in [0.2, 0.25) is 5.91 Å². The summed E-state index contributed by atoms with van der Waals surface area (Å²) in [6.07, 6.45) is 1.46. The van der Waals surface area contributed by atoms with Gasteiger partial charge in [-0.2, -0.15) is 0 Å². The highest BCUT2D eigenvalue weighted by Gasteiger charge is 2.29. The molecule has 0 radical (unpaired) electrons. The topological polar surface area (TPSA) is 75.7 Å². The number of nitrogens with one attached hydrogen (secondary N) is 1. The van der Waals surface area contributed by atoms with Gasteiger partial charge in [0.15, 0.2) is 0 Å². The number of carbonyl (C=O) groups excluding carboxylic acids is 3. The molecule has 2 aromatic rings. The molecule has 6 nitrogen and oxygen atoms in total. The summed E-state index contributed by atoms with van der Waals surface area (Å²) in [6, 6.07) is 13.5. The lowest BCUT2D eigenvalue weighted by Crippen LogP contribution is -2.46. The minimum Gasteiger partial charge on any atom is -0.468 e. The third-order valence-corrected chi connectivity index (χ3v) is 4.73. The Bertz CT molecular complexity index is 828. The highest BCUT2D eigenvalue weighted by molar-refractivity contribution is 6.07. The largest absolute Gasteiger partial charge is 0.468 e. The molecule has 1 saturated heterocycles. The van der Waals surface area contributed by atoms with E-state index in [4.69, 9.17) is 0 Å². The zero-order valence-corrected chi connectivity index (χ0v) is 14.7. The van der Waals surface area contributed by atoms with Crippen LogP contribution in [0.15, 0.2) is 42.5 Å². The van der Waals surface area contributed by atoms with E-state index in [0.717, 1.165) is 17.2 Å². The van der Waals surface area contributed by atoms with Gasteiger partial charge in [-0.05, 0) is 29.7 Å². The molecule has 6 heteroatoms. The molecule has 1 heterocycles. The third kappa shape index (κ3) is 3.85. The summed E-state index contributed by atoms with van der Waals surface area (Å²) < 4.78 is 4.53. The van der Waals surface area contributed by atoms with Gasteiger partial charge < -0.3 is 15.0 Å².